The lowest BCUT2D eigenvalue weighted by Crippen LogP contribution is -2.61. The van der Waals surface area contributed by atoms with Crippen molar-refractivity contribution in [3.05, 3.63) is 29.3 Å². The highest BCUT2D eigenvalue weighted by Crippen LogP contribution is 2.23. The van der Waals surface area contributed by atoms with Gasteiger partial charge >= 0.3 is 0 Å². The van der Waals surface area contributed by atoms with Crippen LogP contribution < -0.4 is 4.74 Å². The zero-order valence-corrected chi connectivity index (χ0v) is 10.8. The minimum Gasteiger partial charge on any atom is -0.492 e. The van der Waals surface area contributed by atoms with Crippen LogP contribution in [0, 0.1) is 0 Å². The highest BCUT2D eigenvalue weighted by atomic mass is 35.5. The van der Waals surface area contributed by atoms with E-state index in [9.17, 15) is 5.11 Å². The second-order valence-electron chi connectivity index (χ2n) is 4.59. The monoisotopic (exact) mass is 255 g/mol. The Labute approximate surface area is 107 Å². The summed E-state index contributed by atoms with van der Waals surface area (Å²) < 4.78 is 5.59. The van der Waals surface area contributed by atoms with Crippen molar-refractivity contribution < 1.29 is 9.84 Å². The quantitative estimate of drug-likeness (QED) is 0.875. The standard InChI is InChI=1S/C13H18ClNO2/c1-2-13(16)9-15(10-13)6-7-17-12-5-3-4-11(14)8-12/h3-5,8,16H,2,6-7,9-10H2,1H3. The Morgan fingerprint density at radius 2 is 2.24 bits per heavy atom. The summed E-state index contributed by atoms with van der Waals surface area (Å²) in [7, 11) is 0. The maximum atomic E-state index is 9.84. The Morgan fingerprint density at radius 1 is 1.47 bits per heavy atom. The molecule has 1 aromatic carbocycles. The van der Waals surface area contributed by atoms with Crippen LogP contribution in [0.25, 0.3) is 0 Å². The number of halogens is 1. The summed E-state index contributed by atoms with van der Waals surface area (Å²) in [6, 6.07) is 7.40. The summed E-state index contributed by atoms with van der Waals surface area (Å²) in [6.45, 7) is 4.99. The summed E-state index contributed by atoms with van der Waals surface area (Å²) in [4.78, 5) is 2.19. The van der Waals surface area contributed by atoms with Crippen molar-refractivity contribution in [1.82, 2.24) is 4.90 Å². The van der Waals surface area contributed by atoms with Crippen LogP contribution in [-0.2, 0) is 0 Å². The van der Waals surface area contributed by atoms with Gasteiger partial charge in [-0.1, -0.05) is 24.6 Å². The second-order valence-corrected chi connectivity index (χ2v) is 5.03. The molecule has 0 radical (unpaired) electrons. The van der Waals surface area contributed by atoms with Crippen LogP contribution in [0.15, 0.2) is 24.3 Å². The van der Waals surface area contributed by atoms with Gasteiger partial charge in [0.2, 0.25) is 0 Å². The van der Waals surface area contributed by atoms with E-state index in [0.29, 0.717) is 11.6 Å². The number of ether oxygens (including phenoxy) is 1. The smallest absolute Gasteiger partial charge is 0.120 e. The molecule has 0 atom stereocenters. The molecule has 0 spiro atoms. The van der Waals surface area contributed by atoms with E-state index in [4.69, 9.17) is 16.3 Å². The number of aliphatic hydroxyl groups is 1. The highest BCUT2D eigenvalue weighted by Gasteiger charge is 2.38. The molecule has 1 aliphatic heterocycles. The Balaban J connectivity index is 1.68. The van der Waals surface area contributed by atoms with E-state index in [1.165, 1.54) is 0 Å². The maximum absolute atomic E-state index is 9.84. The Morgan fingerprint density at radius 3 is 2.88 bits per heavy atom. The maximum Gasteiger partial charge on any atom is 0.120 e. The summed E-state index contributed by atoms with van der Waals surface area (Å²) in [5.41, 5.74) is -0.462. The van der Waals surface area contributed by atoms with Crippen LogP contribution in [-0.4, -0.2) is 41.8 Å². The van der Waals surface area contributed by atoms with Crippen molar-refractivity contribution in [3.8, 4) is 5.75 Å². The molecule has 0 saturated carbocycles. The van der Waals surface area contributed by atoms with Crippen LogP contribution in [0.3, 0.4) is 0 Å². The van der Waals surface area contributed by atoms with Crippen molar-refractivity contribution >= 4 is 11.6 Å². The van der Waals surface area contributed by atoms with Crippen LogP contribution in [0.2, 0.25) is 5.02 Å². The molecule has 0 bridgehead atoms. The lowest BCUT2D eigenvalue weighted by Gasteiger charge is -2.46. The zero-order valence-electron chi connectivity index (χ0n) is 10.0. The van der Waals surface area contributed by atoms with Gasteiger partial charge < -0.3 is 9.84 Å². The van der Waals surface area contributed by atoms with Crippen molar-refractivity contribution in [3.63, 3.8) is 0 Å². The van der Waals surface area contributed by atoms with Crippen molar-refractivity contribution in [2.24, 2.45) is 0 Å². The van der Waals surface area contributed by atoms with Crippen molar-refractivity contribution in [2.45, 2.75) is 18.9 Å². The fraction of sp³-hybridized carbons (Fsp3) is 0.538. The number of nitrogens with zero attached hydrogens (tertiary/aromatic N) is 1. The highest BCUT2D eigenvalue weighted by molar-refractivity contribution is 6.30. The van der Waals surface area contributed by atoms with Gasteiger partial charge in [0.25, 0.3) is 0 Å². The Bertz CT molecular complexity index is 377. The van der Waals surface area contributed by atoms with E-state index in [1.807, 2.05) is 25.1 Å². The SMILES string of the molecule is CCC1(O)CN(CCOc2cccc(Cl)c2)C1. The van der Waals surface area contributed by atoms with Gasteiger partial charge in [-0.3, -0.25) is 4.90 Å². The van der Waals surface area contributed by atoms with Crippen LogP contribution in [0.5, 0.6) is 5.75 Å². The molecule has 1 heterocycles. The van der Waals surface area contributed by atoms with Crippen LogP contribution in [0.1, 0.15) is 13.3 Å². The topological polar surface area (TPSA) is 32.7 Å². The third kappa shape index (κ3) is 3.35. The molecule has 1 aromatic rings. The molecule has 0 aliphatic carbocycles. The van der Waals surface area contributed by atoms with E-state index in [1.54, 1.807) is 6.07 Å². The van der Waals surface area contributed by atoms with Gasteiger partial charge in [0, 0.05) is 24.7 Å². The molecule has 1 saturated heterocycles. The minimum absolute atomic E-state index is 0.462. The van der Waals surface area contributed by atoms with E-state index in [2.05, 4.69) is 4.90 Å². The molecular weight excluding hydrogens is 238 g/mol. The first-order valence-electron chi connectivity index (χ1n) is 5.94. The molecule has 0 amide bonds. The summed E-state index contributed by atoms with van der Waals surface area (Å²) in [6.07, 6.45) is 0.818. The number of benzene rings is 1. The Hall–Kier alpha value is -0.770. The van der Waals surface area contributed by atoms with E-state index in [0.717, 1.165) is 31.8 Å². The van der Waals surface area contributed by atoms with E-state index in [-0.39, 0.29) is 0 Å². The normalized spacial score (nSPS) is 18.8. The first kappa shape index (κ1) is 12.7. The van der Waals surface area contributed by atoms with Gasteiger partial charge in [-0.25, -0.2) is 0 Å². The average Bonchev–Trinajstić information content (AvgIpc) is 2.26. The molecule has 1 fully saturated rings. The van der Waals surface area contributed by atoms with Gasteiger partial charge in [-0.2, -0.15) is 0 Å². The second kappa shape index (κ2) is 5.25. The summed E-state index contributed by atoms with van der Waals surface area (Å²) in [5.74, 6) is 0.795. The van der Waals surface area contributed by atoms with Crippen LogP contribution >= 0.6 is 11.6 Å². The number of likely N-dealkylation sites (tertiary alicyclic amines) is 1. The summed E-state index contributed by atoms with van der Waals surface area (Å²) >= 11 is 5.86. The summed E-state index contributed by atoms with van der Waals surface area (Å²) in [5, 5.41) is 10.5. The number of hydrogen-bond acceptors (Lipinski definition) is 3. The van der Waals surface area contributed by atoms with E-state index >= 15 is 0 Å². The molecule has 0 aromatic heterocycles. The van der Waals surface area contributed by atoms with E-state index < -0.39 is 5.60 Å². The molecule has 4 heteroatoms. The number of rotatable bonds is 5. The predicted molar refractivity (Wildman–Crippen MR) is 68.6 cm³/mol. The molecule has 2 rings (SSSR count). The largest absolute Gasteiger partial charge is 0.492 e. The lowest BCUT2D eigenvalue weighted by molar-refractivity contribution is -0.102. The van der Waals surface area contributed by atoms with Gasteiger partial charge in [-0.15, -0.1) is 0 Å². The first-order chi connectivity index (χ1) is 8.11. The molecular formula is C13H18ClNO2. The third-order valence-corrected chi connectivity index (χ3v) is 3.40. The molecule has 94 valence electrons. The lowest BCUT2D eigenvalue weighted by atomic mass is 9.91. The number of β-amino-alcohol motifs (C(OH)–C–C–N with tert-alkyl or cyclic N) is 1. The Kier molecular flexibility index (Phi) is 3.92. The molecule has 3 nitrogen and oxygen atoms in total. The molecule has 0 unspecified atom stereocenters. The van der Waals surface area contributed by atoms with Gasteiger partial charge in [0.05, 0.1) is 5.60 Å². The van der Waals surface area contributed by atoms with Crippen molar-refractivity contribution in [1.29, 1.82) is 0 Å². The van der Waals surface area contributed by atoms with Crippen molar-refractivity contribution in [2.75, 3.05) is 26.2 Å². The molecule has 17 heavy (non-hydrogen) atoms. The molecule has 1 aliphatic rings. The first-order valence-corrected chi connectivity index (χ1v) is 6.32. The average molecular weight is 256 g/mol. The number of hydrogen-bond donors (Lipinski definition) is 1. The fourth-order valence-corrected chi connectivity index (χ4v) is 2.20. The third-order valence-electron chi connectivity index (χ3n) is 3.17. The molecule has 1 N–H and O–H groups in total. The van der Waals surface area contributed by atoms with Crippen LogP contribution in [0.4, 0.5) is 0 Å². The van der Waals surface area contributed by atoms with Gasteiger partial charge in [0.1, 0.15) is 12.4 Å². The van der Waals surface area contributed by atoms with Gasteiger partial charge in [-0.05, 0) is 24.6 Å². The minimum atomic E-state index is -0.462. The fourth-order valence-electron chi connectivity index (χ4n) is 2.02. The predicted octanol–water partition coefficient (Wildman–Crippen LogP) is 2.18. The van der Waals surface area contributed by atoms with Gasteiger partial charge in [0.15, 0.2) is 0 Å². The zero-order chi connectivity index (χ0) is 12.3.